The van der Waals surface area contributed by atoms with Gasteiger partial charge in [-0.3, -0.25) is 0 Å². The lowest BCUT2D eigenvalue weighted by molar-refractivity contribution is 0.122. The van der Waals surface area contributed by atoms with Gasteiger partial charge in [-0.05, 0) is 6.07 Å². The first-order chi connectivity index (χ1) is 15.8. The molecule has 5 rings (SSSR count). The maximum absolute atomic E-state index is 5.79. The van der Waals surface area contributed by atoms with Crippen LogP contribution in [-0.4, -0.2) is 62.4 Å². The maximum Gasteiger partial charge on any atom is 0.323 e. The fourth-order valence-electron chi connectivity index (χ4n) is 3.45. The number of ether oxygens (including phenoxy) is 2. The van der Waals surface area contributed by atoms with Gasteiger partial charge in [0, 0.05) is 48.1 Å². The van der Waals surface area contributed by atoms with E-state index in [9.17, 15) is 0 Å². The number of hydrogen-bond donors (Lipinski definition) is 1. The summed E-state index contributed by atoms with van der Waals surface area (Å²) >= 11 is 0. The minimum Gasteiger partial charge on any atom is -0.461 e. The lowest BCUT2D eigenvalue weighted by atomic mass is 10.2. The zero-order valence-electron chi connectivity index (χ0n) is 17.5. The lowest BCUT2D eigenvalue weighted by Gasteiger charge is -2.26. The molecular weight excluding hydrogens is 410 g/mol. The van der Waals surface area contributed by atoms with Crippen molar-refractivity contribution < 1.29 is 9.47 Å². The Hall–Kier alpha value is -3.86. The van der Waals surface area contributed by atoms with Gasteiger partial charge in [0.25, 0.3) is 5.95 Å². The van der Waals surface area contributed by atoms with E-state index in [0.29, 0.717) is 51.9 Å². The molecule has 0 saturated carbocycles. The molecule has 1 aromatic carbocycles. The molecule has 1 N–H and O–H groups in total. The number of nitrogens with zero attached hydrogens (tertiary/aromatic N) is 8. The van der Waals surface area contributed by atoms with Crippen molar-refractivity contribution in [3.8, 4) is 6.01 Å². The number of aromatic nitrogens is 6. The van der Waals surface area contributed by atoms with Gasteiger partial charge < -0.3 is 23.9 Å². The van der Waals surface area contributed by atoms with Gasteiger partial charge >= 0.3 is 6.01 Å². The number of para-hydroxylation sites is 1. The summed E-state index contributed by atoms with van der Waals surface area (Å²) < 4.78 is 13.1. The molecule has 11 nitrogen and oxygen atoms in total. The van der Waals surface area contributed by atoms with E-state index < -0.39 is 0 Å². The molecule has 0 spiro atoms. The van der Waals surface area contributed by atoms with Crippen molar-refractivity contribution in [3.05, 3.63) is 54.7 Å². The van der Waals surface area contributed by atoms with Gasteiger partial charge in [0.2, 0.25) is 5.95 Å². The second-order valence-electron chi connectivity index (χ2n) is 7.23. The Morgan fingerprint density at radius 2 is 2.03 bits per heavy atom. The van der Waals surface area contributed by atoms with Crippen LogP contribution >= 0.6 is 0 Å². The Morgan fingerprint density at radius 3 is 2.91 bits per heavy atom. The van der Waals surface area contributed by atoms with Crippen LogP contribution in [0.5, 0.6) is 6.01 Å². The molecule has 0 atom stereocenters. The lowest BCUT2D eigenvalue weighted by Crippen LogP contribution is -2.37. The molecule has 164 valence electrons. The quantitative estimate of drug-likeness (QED) is 0.424. The van der Waals surface area contributed by atoms with Gasteiger partial charge in [-0.15, -0.1) is 5.11 Å². The van der Waals surface area contributed by atoms with Crippen LogP contribution in [0.1, 0.15) is 5.56 Å². The van der Waals surface area contributed by atoms with Gasteiger partial charge in [0.05, 0.1) is 32.6 Å². The topological polar surface area (TPSA) is 119 Å². The van der Waals surface area contributed by atoms with Crippen molar-refractivity contribution in [1.82, 2.24) is 29.5 Å². The second-order valence-corrected chi connectivity index (χ2v) is 7.23. The first-order valence-corrected chi connectivity index (χ1v) is 10.4. The summed E-state index contributed by atoms with van der Waals surface area (Å²) in [5.41, 5.74) is 2.13. The zero-order valence-corrected chi connectivity index (χ0v) is 17.5. The van der Waals surface area contributed by atoms with Gasteiger partial charge in [-0.2, -0.15) is 20.1 Å². The summed E-state index contributed by atoms with van der Waals surface area (Å²) in [6.45, 7) is 4.10. The smallest absolute Gasteiger partial charge is 0.323 e. The van der Waals surface area contributed by atoms with Crippen LogP contribution in [0.15, 0.2) is 59.4 Å². The Morgan fingerprint density at radius 1 is 1.12 bits per heavy atom. The number of anilines is 1. The Kier molecular flexibility index (Phi) is 5.97. The van der Waals surface area contributed by atoms with Gasteiger partial charge in [-0.25, -0.2) is 4.98 Å². The monoisotopic (exact) mass is 433 g/mol. The molecule has 3 aromatic heterocycles. The van der Waals surface area contributed by atoms with Crippen molar-refractivity contribution in [2.24, 2.45) is 10.2 Å². The predicted octanol–water partition coefficient (Wildman–Crippen LogP) is 2.75. The van der Waals surface area contributed by atoms with Gasteiger partial charge in [0.1, 0.15) is 6.61 Å². The molecule has 4 heterocycles. The molecule has 1 aliphatic heterocycles. The third kappa shape index (κ3) is 4.72. The van der Waals surface area contributed by atoms with Crippen molar-refractivity contribution >= 4 is 22.8 Å². The van der Waals surface area contributed by atoms with Crippen LogP contribution in [0.2, 0.25) is 0 Å². The van der Waals surface area contributed by atoms with Gasteiger partial charge in [0.15, 0.2) is 0 Å². The average Bonchev–Trinajstić information content (AvgIpc) is 3.50. The van der Waals surface area contributed by atoms with Crippen molar-refractivity contribution in [1.29, 1.82) is 0 Å². The fraction of sp³-hybridized carbons (Fsp3) is 0.333. The molecule has 0 aliphatic carbocycles. The van der Waals surface area contributed by atoms with Crippen molar-refractivity contribution in [2.75, 3.05) is 37.8 Å². The number of azo groups is 1. The van der Waals surface area contributed by atoms with E-state index in [-0.39, 0.29) is 12.0 Å². The van der Waals surface area contributed by atoms with E-state index in [2.05, 4.69) is 41.2 Å². The molecule has 11 heteroatoms. The average molecular weight is 433 g/mol. The molecule has 0 bridgehead atoms. The number of morpholine rings is 1. The number of benzene rings is 1. The van der Waals surface area contributed by atoms with Crippen LogP contribution < -0.4 is 9.64 Å². The van der Waals surface area contributed by atoms with Crippen molar-refractivity contribution in [3.63, 3.8) is 0 Å². The number of fused-ring (bicyclic) bond motifs is 1. The van der Waals surface area contributed by atoms with E-state index in [1.807, 2.05) is 40.1 Å². The predicted molar refractivity (Wildman–Crippen MR) is 117 cm³/mol. The SMILES string of the molecule is c1ccc2c(CN=Nc3nc(OCCn4ccnc4)nc(N4CCOCC4)n3)c[nH]c2c1. The zero-order chi connectivity index (χ0) is 21.6. The van der Waals surface area contributed by atoms with E-state index >= 15 is 0 Å². The summed E-state index contributed by atoms with van der Waals surface area (Å²) in [6.07, 6.45) is 7.28. The maximum atomic E-state index is 5.79. The van der Waals surface area contributed by atoms with Crippen LogP contribution in [0, 0.1) is 0 Å². The Bertz CT molecular complexity index is 1180. The largest absolute Gasteiger partial charge is 0.461 e. The highest BCUT2D eigenvalue weighted by Crippen LogP contribution is 2.21. The molecule has 1 aliphatic rings. The summed E-state index contributed by atoms with van der Waals surface area (Å²) in [5, 5.41) is 9.71. The third-order valence-corrected chi connectivity index (χ3v) is 5.10. The van der Waals surface area contributed by atoms with E-state index in [4.69, 9.17) is 9.47 Å². The first kappa shape index (κ1) is 20.1. The van der Waals surface area contributed by atoms with Crippen LogP contribution in [0.4, 0.5) is 11.9 Å². The molecule has 0 amide bonds. The number of imidazole rings is 1. The highest BCUT2D eigenvalue weighted by molar-refractivity contribution is 5.82. The standard InChI is InChI=1S/C21H23N9O2/c1-2-4-18-17(3-1)16(13-23-18)14-24-28-19-25-20(30-8-10-31-11-9-30)27-21(26-19)32-12-7-29-6-5-22-15-29/h1-6,13,15,23H,7-12,14H2. The molecule has 32 heavy (non-hydrogen) atoms. The summed E-state index contributed by atoms with van der Waals surface area (Å²) in [5.74, 6) is 0.737. The minimum absolute atomic E-state index is 0.221. The fourth-order valence-corrected chi connectivity index (χ4v) is 3.45. The third-order valence-electron chi connectivity index (χ3n) is 5.10. The number of aromatic amines is 1. The highest BCUT2D eigenvalue weighted by Gasteiger charge is 2.17. The number of rotatable bonds is 8. The van der Waals surface area contributed by atoms with Crippen molar-refractivity contribution in [2.45, 2.75) is 13.1 Å². The molecule has 0 radical (unpaired) electrons. The molecular formula is C21H23N9O2. The normalized spacial score (nSPS) is 14.4. The van der Waals surface area contributed by atoms with Gasteiger partial charge in [-0.1, -0.05) is 18.2 Å². The summed E-state index contributed by atoms with van der Waals surface area (Å²) in [4.78, 5) is 22.6. The molecule has 4 aromatic rings. The number of nitrogens with one attached hydrogen (secondary N) is 1. The van der Waals surface area contributed by atoms with E-state index in [1.165, 1.54) is 0 Å². The Balaban J connectivity index is 1.32. The molecule has 1 saturated heterocycles. The summed E-state index contributed by atoms with van der Waals surface area (Å²) in [6, 6.07) is 8.32. The van der Waals surface area contributed by atoms with Crippen LogP contribution in [0.25, 0.3) is 10.9 Å². The molecule has 1 fully saturated rings. The van der Waals surface area contributed by atoms with E-state index in [1.54, 1.807) is 12.5 Å². The first-order valence-electron chi connectivity index (χ1n) is 10.4. The number of hydrogen-bond acceptors (Lipinski definition) is 9. The van der Waals surface area contributed by atoms with E-state index in [0.717, 1.165) is 16.5 Å². The van der Waals surface area contributed by atoms with Crippen LogP contribution in [0.3, 0.4) is 0 Å². The van der Waals surface area contributed by atoms with Crippen LogP contribution in [-0.2, 0) is 17.8 Å². The Labute approximate surface area is 184 Å². The highest BCUT2D eigenvalue weighted by atomic mass is 16.5. The molecule has 0 unspecified atom stereocenters. The minimum atomic E-state index is 0.221. The second kappa shape index (κ2) is 9.52. The summed E-state index contributed by atoms with van der Waals surface area (Å²) in [7, 11) is 0. The number of H-pyrrole nitrogens is 1.